The molecule has 2 nitrogen and oxygen atoms in total. The van der Waals surface area contributed by atoms with Crippen LogP contribution >= 0.6 is 0 Å². The van der Waals surface area contributed by atoms with Gasteiger partial charge in [0.15, 0.2) is 0 Å². The molecule has 0 aliphatic carbocycles. The first-order valence-electron chi connectivity index (χ1n) is 8.12. The minimum absolute atomic E-state index is 0.0722. The van der Waals surface area contributed by atoms with Crippen molar-refractivity contribution >= 4 is 0 Å². The van der Waals surface area contributed by atoms with Gasteiger partial charge in [0.1, 0.15) is 5.82 Å². The molecule has 0 bridgehead atoms. The van der Waals surface area contributed by atoms with Crippen LogP contribution in [-0.4, -0.2) is 30.1 Å². The molecule has 1 aromatic rings. The maximum absolute atomic E-state index is 13.7. The summed E-state index contributed by atoms with van der Waals surface area (Å²) in [4.78, 5) is 2.44. The Morgan fingerprint density at radius 3 is 2.33 bits per heavy atom. The maximum Gasteiger partial charge on any atom is 0.123 e. The van der Waals surface area contributed by atoms with Gasteiger partial charge in [-0.05, 0) is 70.1 Å². The highest BCUT2D eigenvalue weighted by atomic mass is 19.1. The highest BCUT2D eigenvalue weighted by molar-refractivity contribution is 5.32. The van der Waals surface area contributed by atoms with E-state index in [4.69, 9.17) is 0 Å². The molecule has 0 saturated carbocycles. The molecule has 0 radical (unpaired) electrons. The van der Waals surface area contributed by atoms with Crippen LogP contribution in [-0.2, 0) is 0 Å². The van der Waals surface area contributed by atoms with Crippen LogP contribution in [0, 0.1) is 12.7 Å². The maximum atomic E-state index is 13.7. The number of nitrogens with zero attached hydrogens (tertiary/aromatic N) is 1. The summed E-state index contributed by atoms with van der Waals surface area (Å²) < 4.78 is 13.7. The van der Waals surface area contributed by atoms with E-state index in [2.05, 4.69) is 51.8 Å². The zero-order valence-corrected chi connectivity index (χ0v) is 14.5. The van der Waals surface area contributed by atoms with Crippen molar-refractivity contribution in [1.29, 1.82) is 0 Å². The molecule has 3 heteroatoms. The zero-order chi connectivity index (χ0) is 16.0. The van der Waals surface area contributed by atoms with Gasteiger partial charge < -0.3 is 5.32 Å². The summed E-state index contributed by atoms with van der Waals surface area (Å²) in [5.41, 5.74) is 2.14. The van der Waals surface area contributed by atoms with Crippen molar-refractivity contribution in [2.24, 2.45) is 0 Å². The third-order valence-electron chi connectivity index (χ3n) is 4.44. The highest BCUT2D eigenvalue weighted by Crippen LogP contribution is 2.33. The normalized spacial score (nSPS) is 13.7. The molecule has 1 unspecified atom stereocenters. The van der Waals surface area contributed by atoms with Crippen LogP contribution in [0.2, 0.25) is 0 Å². The Balaban J connectivity index is 3.24. The van der Waals surface area contributed by atoms with E-state index in [1.165, 1.54) is 0 Å². The van der Waals surface area contributed by atoms with Crippen molar-refractivity contribution in [2.75, 3.05) is 19.6 Å². The Hall–Kier alpha value is -0.930. The molecule has 1 rings (SSSR count). The number of halogens is 1. The molecule has 1 atom stereocenters. The van der Waals surface area contributed by atoms with Crippen LogP contribution < -0.4 is 5.32 Å². The molecule has 120 valence electrons. The van der Waals surface area contributed by atoms with Crippen LogP contribution in [0.15, 0.2) is 18.2 Å². The molecule has 0 spiro atoms. The number of benzene rings is 1. The molecule has 0 heterocycles. The van der Waals surface area contributed by atoms with Gasteiger partial charge in [0, 0.05) is 5.54 Å². The van der Waals surface area contributed by atoms with Gasteiger partial charge in [-0.1, -0.05) is 26.8 Å². The standard InChI is InChI=1S/C18H31FN2/c1-7-12-20-17(18(5,6)21(8-2)9-3)16-13-15(19)11-10-14(16)4/h10-11,13,17,20H,7-9,12H2,1-6H3. The third-order valence-corrected chi connectivity index (χ3v) is 4.44. The van der Waals surface area contributed by atoms with Gasteiger partial charge in [-0.15, -0.1) is 0 Å². The fourth-order valence-electron chi connectivity index (χ4n) is 3.17. The SMILES string of the molecule is CCCNC(c1cc(F)ccc1C)C(C)(C)N(CC)CC. The molecule has 0 fully saturated rings. The van der Waals surface area contributed by atoms with Crippen LogP contribution in [0.25, 0.3) is 0 Å². The predicted octanol–water partition coefficient (Wildman–Crippen LogP) is 4.30. The first-order chi connectivity index (χ1) is 9.88. The van der Waals surface area contributed by atoms with E-state index in [1.807, 2.05) is 6.07 Å². The summed E-state index contributed by atoms with van der Waals surface area (Å²) in [5, 5.41) is 3.63. The fraction of sp³-hybridized carbons (Fsp3) is 0.667. The summed E-state index contributed by atoms with van der Waals surface area (Å²) in [7, 11) is 0. The molecule has 0 aromatic heterocycles. The van der Waals surface area contributed by atoms with E-state index in [0.29, 0.717) is 0 Å². The van der Waals surface area contributed by atoms with Crippen LogP contribution in [0.1, 0.15) is 58.2 Å². The minimum Gasteiger partial charge on any atom is -0.308 e. The molecule has 21 heavy (non-hydrogen) atoms. The second-order valence-corrected chi connectivity index (χ2v) is 6.21. The average molecular weight is 294 g/mol. The summed E-state index contributed by atoms with van der Waals surface area (Å²) in [6, 6.07) is 5.23. The van der Waals surface area contributed by atoms with Gasteiger partial charge in [-0.2, -0.15) is 0 Å². The van der Waals surface area contributed by atoms with E-state index >= 15 is 0 Å². The quantitative estimate of drug-likeness (QED) is 0.769. The Kier molecular flexibility index (Phi) is 6.82. The lowest BCUT2D eigenvalue weighted by Crippen LogP contribution is -2.53. The molecular weight excluding hydrogens is 263 g/mol. The summed E-state index contributed by atoms with van der Waals surface area (Å²) in [6.45, 7) is 16.0. The number of likely N-dealkylation sites (N-methyl/N-ethyl adjacent to an activating group) is 1. The lowest BCUT2D eigenvalue weighted by molar-refractivity contribution is 0.0908. The van der Waals surface area contributed by atoms with Crippen LogP contribution in [0.4, 0.5) is 4.39 Å². The van der Waals surface area contributed by atoms with E-state index in [9.17, 15) is 4.39 Å². The van der Waals surface area contributed by atoms with Gasteiger partial charge in [0.05, 0.1) is 6.04 Å². The Bertz CT molecular complexity index is 439. The summed E-state index contributed by atoms with van der Waals surface area (Å²) in [6.07, 6.45) is 1.07. The molecule has 1 N–H and O–H groups in total. The molecular formula is C18H31FN2. The van der Waals surface area contributed by atoms with E-state index in [0.717, 1.165) is 37.2 Å². The van der Waals surface area contributed by atoms with Crippen molar-refractivity contribution < 1.29 is 4.39 Å². The summed E-state index contributed by atoms with van der Waals surface area (Å²) in [5.74, 6) is -0.158. The molecule has 0 saturated heterocycles. The van der Waals surface area contributed by atoms with Crippen molar-refractivity contribution in [3.63, 3.8) is 0 Å². The number of hydrogen-bond acceptors (Lipinski definition) is 2. The Labute approximate surface area is 129 Å². The largest absolute Gasteiger partial charge is 0.308 e. The van der Waals surface area contributed by atoms with Crippen molar-refractivity contribution in [2.45, 2.75) is 59.5 Å². The van der Waals surface area contributed by atoms with Gasteiger partial charge in [-0.3, -0.25) is 4.90 Å². The second-order valence-electron chi connectivity index (χ2n) is 6.21. The summed E-state index contributed by atoms with van der Waals surface area (Å²) >= 11 is 0. The van der Waals surface area contributed by atoms with E-state index in [-0.39, 0.29) is 17.4 Å². The van der Waals surface area contributed by atoms with Crippen molar-refractivity contribution in [1.82, 2.24) is 10.2 Å². The molecule has 0 amide bonds. The van der Waals surface area contributed by atoms with E-state index < -0.39 is 0 Å². The van der Waals surface area contributed by atoms with Crippen LogP contribution in [0.5, 0.6) is 0 Å². The first kappa shape index (κ1) is 18.1. The van der Waals surface area contributed by atoms with Gasteiger partial charge in [0.25, 0.3) is 0 Å². The monoisotopic (exact) mass is 294 g/mol. The molecule has 1 aromatic carbocycles. The lowest BCUT2D eigenvalue weighted by atomic mass is 9.84. The lowest BCUT2D eigenvalue weighted by Gasteiger charge is -2.44. The van der Waals surface area contributed by atoms with Crippen molar-refractivity contribution in [3.8, 4) is 0 Å². The first-order valence-corrected chi connectivity index (χ1v) is 8.12. The smallest absolute Gasteiger partial charge is 0.123 e. The number of nitrogens with one attached hydrogen (secondary N) is 1. The van der Waals surface area contributed by atoms with Gasteiger partial charge in [-0.25, -0.2) is 4.39 Å². The fourth-order valence-corrected chi connectivity index (χ4v) is 3.17. The highest BCUT2D eigenvalue weighted by Gasteiger charge is 2.35. The molecule has 0 aliphatic heterocycles. The second kappa shape index (κ2) is 7.90. The number of rotatable bonds is 8. The Morgan fingerprint density at radius 1 is 1.19 bits per heavy atom. The average Bonchev–Trinajstić information content (AvgIpc) is 2.43. The van der Waals surface area contributed by atoms with Crippen molar-refractivity contribution in [3.05, 3.63) is 35.1 Å². The Morgan fingerprint density at radius 2 is 1.81 bits per heavy atom. The van der Waals surface area contributed by atoms with Gasteiger partial charge in [0.2, 0.25) is 0 Å². The third kappa shape index (κ3) is 4.27. The van der Waals surface area contributed by atoms with E-state index in [1.54, 1.807) is 12.1 Å². The predicted molar refractivity (Wildman–Crippen MR) is 89.2 cm³/mol. The van der Waals surface area contributed by atoms with Crippen LogP contribution in [0.3, 0.4) is 0 Å². The number of aryl methyl sites for hydroxylation is 1. The zero-order valence-electron chi connectivity index (χ0n) is 14.5. The minimum atomic E-state index is -0.158. The van der Waals surface area contributed by atoms with Gasteiger partial charge >= 0.3 is 0 Å². The topological polar surface area (TPSA) is 15.3 Å². The molecule has 0 aliphatic rings. The number of hydrogen-bond donors (Lipinski definition) is 1.